The Labute approximate surface area is 172 Å². The smallest absolute Gasteiger partial charge is 0.408 e. The van der Waals surface area contributed by atoms with Crippen LogP contribution >= 0.6 is 0 Å². The Bertz CT molecular complexity index is 852. The average molecular weight is 396 g/mol. The first kappa shape index (κ1) is 20.7. The van der Waals surface area contributed by atoms with Gasteiger partial charge in [-0.15, -0.1) is 0 Å². The Kier molecular flexibility index (Phi) is 6.75. The molecule has 0 aliphatic carbocycles. The molecule has 154 valence electrons. The summed E-state index contributed by atoms with van der Waals surface area (Å²) in [5, 5.41) is 5.64. The summed E-state index contributed by atoms with van der Waals surface area (Å²) in [6, 6.07) is 14.7. The molecule has 0 unspecified atom stereocenters. The minimum atomic E-state index is -0.686. The van der Waals surface area contributed by atoms with E-state index in [0.717, 1.165) is 30.8 Å². The number of benzene rings is 2. The predicted octanol–water partition coefficient (Wildman–Crippen LogP) is 3.96. The van der Waals surface area contributed by atoms with Crippen molar-refractivity contribution in [3.05, 3.63) is 59.7 Å². The molecule has 0 saturated carbocycles. The molecule has 0 bridgehead atoms. The zero-order valence-electron chi connectivity index (χ0n) is 17.3. The monoisotopic (exact) mass is 395 g/mol. The van der Waals surface area contributed by atoms with Crippen LogP contribution in [0.15, 0.2) is 48.5 Å². The van der Waals surface area contributed by atoms with Crippen molar-refractivity contribution in [2.24, 2.45) is 5.92 Å². The topological polar surface area (TPSA) is 70.7 Å². The Morgan fingerprint density at radius 3 is 2.59 bits per heavy atom. The highest BCUT2D eigenvalue weighted by molar-refractivity contribution is 5.97. The van der Waals surface area contributed by atoms with Crippen molar-refractivity contribution in [2.75, 3.05) is 23.3 Å². The number of alkyl carbamates (subject to hydrolysis) is 1. The van der Waals surface area contributed by atoms with E-state index in [1.54, 1.807) is 0 Å². The summed E-state index contributed by atoms with van der Waals surface area (Å²) in [5.74, 6) is -0.335. The van der Waals surface area contributed by atoms with E-state index in [9.17, 15) is 9.59 Å². The molecule has 0 fully saturated rings. The van der Waals surface area contributed by atoms with E-state index in [1.165, 1.54) is 11.3 Å². The molecular formula is C23H29N3O3. The van der Waals surface area contributed by atoms with Gasteiger partial charge in [0.2, 0.25) is 5.91 Å². The maximum absolute atomic E-state index is 12.8. The van der Waals surface area contributed by atoms with Gasteiger partial charge in [-0.1, -0.05) is 50.2 Å². The van der Waals surface area contributed by atoms with E-state index in [2.05, 4.69) is 28.5 Å². The number of rotatable bonds is 7. The van der Waals surface area contributed by atoms with Crippen molar-refractivity contribution in [3.8, 4) is 0 Å². The lowest BCUT2D eigenvalue weighted by Gasteiger charge is -2.22. The van der Waals surface area contributed by atoms with Crippen molar-refractivity contribution >= 4 is 23.4 Å². The number of ether oxygens (including phenoxy) is 1. The number of carbonyl (C=O) groups is 2. The van der Waals surface area contributed by atoms with Crippen LogP contribution in [-0.2, 0) is 22.6 Å². The molecule has 0 aromatic heterocycles. The highest BCUT2D eigenvalue weighted by atomic mass is 16.5. The predicted molar refractivity (Wildman–Crippen MR) is 115 cm³/mol. The standard InChI is InChI=1S/C23H29N3O3/c1-4-26-13-12-18-10-11-19(14-20(18)26)24-22(27)21(16(2)3)25-23(28)29-15-17-8-6-5-7-9-17/h5-11,14,16,21H,4,12-13,15H2,1-3H3,(H,24,27)(H,25,28)/t21-/m0/s1. The summed E-state index contributed by atoms with van der Waals surface area (Å²) in [6.07, 6.45) is 0.426. The van der Waals surface area contributed by atoms with Crippen LogP contribution in [0.2, 0.25) is 0 Å². The van der Waals surface area contributed by atoms with Gasteiger partial charge in [0.15, 0.2) is 0 Å². The molecule has 3 rings (SSSR count). The summed E-state index contributed by atoms with van der Waals surface area (Å²) >= 11 is 0. The largest absolute Gasteiger partial charge is 0.445 e. The Morgan fingerprint density at radius 2 is 1.90 bits per heavy atom. The number of nitrogens with zero attached hydrogens (tertiary/aromatic N) is 1. The van der Waals surface area contributed by atoms with Crippen molar-refractivity contribution in [1.82, 2.24) is 5.32 Å². The van der Waals surface area contributed by atoms with Gasteiger partial charge in [0, 0.05) is 24.5 Å². The normalized spacial score (nSPS) is 13.7. The van der Waals surface area contributed by atoms with Crippen LogP contribution in [0.4, 0.5) is 16.2 Å². The van der Waals surface area contributed by atoms with Gasteiger partial charge in [0.25, 0.3) is 0 Å². The van der Waals surface area contributed by atoms with Crippen molar-refractivity contribution in [3.63, 3.8) is 0 Å². The minimum absolute atomic E-state index is 0.0826. The van der Waals surface area contributed by atoms with E-state index in [4.69, 9.17) is 4.74 Å². The number of anilines is 2. The fraction of sp³-hybridized carbons (Fsp3) is 0.391. The van der Waals surface area contributed by atoms with Gasteiger partial charge in [-0.25, -0.2) is 4.79 Å². The van der Waals surface area contributed by atoms with Gasteiger partial charge in [-0.3, -0.25) is 4.79 Å². The molecule has 6 heteroatoms. The van der Waals surface area contributed by atoms with Crippen LogP contribution in [-0.4, -0.2) is 31.1 Å². The van der Waals surface area contributed by atoms with Crippen LogP contribution in [0.3, 0.4) is 0 Å². The van der Waals surface area contributed by atoms with Gasteiger partial charge in [0.05, 0.1) is 0 Å². The Morgan fingerprint density at radius 1 is 1.14 bits per heavy atom. The first-order valence-electron chi connectivity index (χ1n) is 10.1. The minimum Gasteiger partial charge on any atom is -0.445 e. The first-order valence-corrected chi connectivity index (χ1v) is 10.1. The zero-order valence-corrected chi connectivity index (χ0v) is 17.3. The quantitative estimate of drug-likeness (QED) is 0.744. The van der Waals surface area contributed by atoms with E-state index in [-0.39, 0.29) is 18.4 Å². The van der Waals surface area contributed by atoms with Gasteiger partial charge in [0.1, 0.15) is 12.6 Å². The summed E-state index contributed by atoms with van der Waals surface area (Å²) < 4.78 is 5.26. The molecule has 1 heterocycles. The number of hydrogen-bond donors (Lipinski definition) is 2. The highest BCUT2D eigenvalue weighted by Crippen LogP contribution is 2.30. The number of fused-ring (bicyclic) bond motifs is 1. The molecule has 2 aromatic carbocycles. The molecule has 1 aliphatic heterocycles. The van der Waals surface area contributed by atoms with E-state index < -0.39 is 12.1 Å². The summed E-state index contributed by atoms with van der Waals surface area (Å²) in [6.45, 7) is 8.02. The number of amides is 2. The van der Waals surface area contributed by atoms with E-state index in [1.807, 2.05) is 56.3 Å². The molecule has 2 amide bonds. The van der Waals surface area contributed by atoms with Gasteiger partial charge in [-0.2, -0.15) is 0 Å². The highest BCUT2D eigenvalue weighted by Gasteiger charge is 2.26. The zero-order chi connectivity index (χ0) is 20.8. The van der Waals surface area contributed by atoms with Crippen molar-refractivity contribution in [2.45, 2.75) is 39.8 Å². The van der Waals surface area contributed by atoms with Crippen molar-refractivity contribution in [1.29, 1.82) is 0 Å². The van der Waals surface area contributed by atoms with Crippen LogP contribution in [0.1, 0.15) is 31.9 Å². The summed E-state index contributed by atoms with van der Waals surface area (Å²) in [4.78, 5) is 27.3. The lowest BCUT2D eigenvalue weighted by atomic mass is 10.0. The third-order valence-electron chi connectivity index (χ3n) is 5.16. The van der Waals surface area contributed by atoms with Gasteiger partial charge < -0.3 is 20.3 Å². The van der Waals surface area contributed by atoms with Crippen LogP contribution in [0.25, 0.3) is 0 Å². The molecule has 6 nitrogen and oxygen atoms in total. The SMILES string of the molecule is CCN1CCc2ccc(NC(=O)[C@@H](NC(=O)OCc3ccccc3)C(C)C)cc21. The maximum atomic E-state index is 12.8. The third-order valence-corrected chi connectivity index (χ3v) is 5.16. The van der Waals surface area contributed by atoms with Crippen molar-refractivity contribution < 1.29 is 14.3 Å². The van der Waals surface area contributed by atoms with Crippen LogP contribution in [0.5, 0.6) is 0 Å². The van der Waals surface area contributed by atoms with Crippen LogP contribution < -0.4 is 15.5 Å². The molecule has 1 atom stereocenters. The number of likely N-dealkylation sites (N-methyl/N-ethyl adjacent to an activating group) is 1. The fourth-order valence-corrected chi connectivity index (χ4v) is 3.50. The van der Waals surface area contributed by atoms with Gasteiger partial charge in [-0.05, 0) is 42.5 Å². The Balaban J connectivity index is 1.60. The molecule has 0 saturated heterocycles. The van der Waals surface area contributed by atoms with Gasteiger partial charge >= 0.3 is 6.09 Å². The maximum Gasteiger partial charge on any atom is 0.408 e. The number of nitrogens with one attached hydrogen (secondary N) is 2. The average Bonchev–Trinajstić information content (AvgIpc) is 3.13. The van der Waals surface area contributed by atoms with E-state index in [0.29, 0.717) is 0 Å². The second kappa shape index (κ2) is 9.45. The van der Waals surface area contributed by atoms with E-state index >= 15 is 0 Å². The lowest BCUT2D eigenvalue weighted by Crippen LogP contribution is -2.47. The molecule has 2 N–H and O–H groups in total. The number of carbonyl (C=O) groups excluding carboxylic acids is 2. The molecule has 0 radical (unpaired) electrons. The second-order valence-corrected chi connectivity index (χ2v) is 7.59. The third kappa shape index (κ3) is 5.28. The summed E-state index contributed by atoms with van der Waals surface area (Å²) in [5.41, 5.74) is 4.10. The molecule has 29 heavy (non-hydrogen) atoms. The lowest BCUT2D eigenvalue weighted by molar-refractivity contribution is -0.119. The molecular weight excluding hydrogens is 366 g/mol. The van der Waals surface area contributed by atoms with Crippen LogP contribution in [0, 0.1) is 5.92 Å². The molecule has 1 aliphatic rings. The number of hydrogen-bond acceptors (Lipinski definition) is 4. The molecule has 2 aromatic rings. The fourth-order valence-electron chi connectivity index (χ4n) is 3.50. The Hall–Kier alpha value is -3.02. The summed E-state index contributed by atoms with van der Waals surface area (Å²) in [7, 11) is 0. The molecule has 0 spiro atoms. The first-order chi connectivity index (χ1) is 14.0. The second-order valence-electron chi connectivity index (χ2n) is 7.59.